The van der Waals surface area contributed by atoms with Gasteiger partial charge in [0.1, 0.15) is 11.9 Å². The maximum atomic E-state index is 13.1. The molecule has 8 nitrogen and oxygen atoms in total. The zero-order valence-corrected chi connectivity index (χ0v) is 15.5. The Kier molecular flexibility index (Phi) is 5.74. The number of carbonyl (C=O) groups excluding carboxylic acids is 1. The van der Waals surface area contributed by atoms with Gasteiger partial charge in [0.05, 0.1) is 19.8 Å². The van der Waals surface area contributed by atoms with Crippen molar-refractivity contribution in [3.63, 3.8) is 0 Å². The molecule has 2 aliphatic rings. The normalized spacial score (nSPS) is 19.1. The second-order valence-electron chi connectivity index (χ2n) is 7.05. The van der Waals surface area contributed by atoms with Crippen molar-refractivity contribution < 1.29 is 9.53 Å². The Morgan fingerprint density at radius 2 is 2.07 bits per heavy atom. The molecule has 4 heterocycles. The Bertz CT molecular complexity index is 757. The molecular formula is C19H26N6O2. The molecule has 1 amide bonds. The van der Waals surface area contributed by atoms with Crippen LogP contribution in [0.4, 0.5) is 0 Å². The van der Waals surface area contributed by atoms with Crippen LogP contribution >= 0.6 is 0 Å². The van der Waals surface area contributed by atoms with Crippen molar-refractivity contribution in [2.45, 2.75) is 44.8 Å². The lowest BCUT2D eigenvalue weighted by Gasteiger charge is -2.33. The second kappa shape index (κ2) is 8.58. The lowest BCUT2D eigenvalue weighted by Crippen LogP contribution is -2.45. The zero-order valence-electron chi connectivity index (χ0n) is 15.5. The van der Waals surface area contributed by atoms with E-state index in [1.54, 1.807) is 12.4 Å². The lowest BCUT2D eigenvalue weighted by atomic mass is 10.1. The van der Waals surface area contributed by atoms with Gasteiger partial charge in [-0.2, -0.15) is 0 Å². The fourth-order valence-corrected chi connectivity index (χ4v) is 3.84. The molecule has 0 saturated carbocycles. The van der Waals surface area contributed by atoms with Crippen molar-refractivity contribution in [3.05, 3.63) is 41.7 Å². The van der Waals surface area contributed by atoms with Gasteiger partial charge in [-0.15, -0.1) is 10.2 Å². The minimum Gasteiger partial charge on any atom is -0.379 e. The number of nitrogens with zero attached hydrogens (tertiary/aromatic N) is 5. The van der Waals surface area contributed by atoms with Gasteiger partial charge in [-0.1, -0.05) is 12.5 Å². The van der Waals surface area contributed by atoms with Gasteiger partial charge in [0.2, 0.25) is 5.91 Å². The van der Waals surface area contributed by atoms with E-state index in [0.29, 0.717) is 19.8 Å². The third-order valence-electron chi connectivity index (χ3n) is 5.27. The number of hydrogen-bond acceptors (Lipinski definition) is 6. The average Bonchev–Trinajstić information content (AvgIpc) is 2.94. The maximum absolute atomic E-state index is 13.1. The van der Waals surface area contributed by atoms with E-state index in [9.17, 15) is 4.79 Å². The van der Waals surface area contributed by atoms with E-state index in [2.05, 4.69) is 30.0 Å². The van der Waals surface area contributed by atoms with Gasteiger partial charge in [-0.3, -0.25) is 14.7 Å². The van der Waals surface area contributed by atoms with Crippen molar-refractivity contribution >= 4 is 5.91 Å². The van der Waals surface area contributed by atoms with Crippen molar-refractivity contribution in [1.29, 1.82) is 0 Å². The molecular weight excluding hydrogens is 344 g/mol. The van der Waals surface area contributed by atoms with Crippen LogP contribution in [-0.2, 0) is 29.0 Å². The Morgan fingerprint density at radius 3 is 2.89 bits per heavy atom. The van der Waals surface area contributed by atoms with E-state index in [0.717, 1.165) is 56.1 Å². The zero-order chi connectivity index (χ0) is 18.5. The Morgan fingerprint density at radius 1 is 1.19 bits per heavy atom. The highest BCUT2D eigenvalue weighted by Crippen LogP contribution is 2.22. The summed E-state index contributed by atoms with van der Waals surface area (Å²) in [5, 5.41) is 11.7. The summed E-state index contributed by atoms with van der Waals surface area (Å²) in [7, 11) is 0. The first-order valence-corrected chi connectivity index (χ1v) is 9.73. The monoisotopic (exact) mass is 370 g/mol. The summed E-state index contributed by atoms with van der Waals surface area (Å²) in [6, 6.07) is 3.46. The number of aromatic nitrogens is 4. The summed E-state index contributed by atoms with van der Waals surface area (Å²) in [6.45, 7) is 4.07. The highest BCUT2D eigenvalue weighted by molar-refractivity contribution is 5.83. The standard InChI is InChI=1S/C19H26N6O2/c26-19(21-14-17-23-22-16-6-2-1-3-8-25(16)17)18(15-5-4-7-20-13-15)24-9-11-27-12-10-24/h4-5,7,13,18H,1-3,6,8-12,14H2,(H,21,26)/t18-/m0/s1. The van der Waals surface area contributed by atoms with Crippen LogP contribution in [0.2, 0.25) is 0 Å². The predicted molar refractivity (Wildman–Crippen MR) is 98.8 cm³/mol. The number of amides is 1. The summed E-state index contributed by atoms with van der Waals surface area (Å²) in [4.78, 5) is 19.4. The van der Waals surface area contributed by atoms with Crippen molar-refractivity contribution in [1.82, 2.24) is 30.0 Å². The summed E-state index contributed by atoms with van der Waals surface area (Å²) >= 11 is 0. The number of carbonyl (C=O) groups is 1. The average molecular weight is 370 g/mol. The first-order valence-electron chi connectivity index (χ1n) is 9.73. The van der Waals surface area contributed by atoms with Crippen LogP contribution in [0.1, 0.15) is 42.5 Å². The molecule has 0 aliphatic carbocycles. The molecule has 1 saturated heterocycles. The third-order valence-corrected chi connectivity index (χ3v) is 5.27. The topological polar surface area (TPSA) is 85.2 Å². The van der Waals surface area contributed by atoms with Crippen LogP contribution in [0.15, 0.2) is 24.5 Å². The predicted octanol–water partition coefficient (Wildman–Crippen LogP) is 1.09. The molecule has 2 aromatic rings. The number of fused-ring (bicyclic) bond motifs is 1. The lowest BCUT2D eigenvalue weighted by molar-refractivity contribution is -0.128. The minimum atomic E-state index is -0.367. The van der Waals surface area contributed by atoms with Gasteiger partial charge in [0, 0.05) is 38.4 Å². The number of rotatable bonds is 5. The number of ether oxygens (including phenoxy) is 1. The molecule has 2 aromatic heterocycles. The molecule has 0 unspecified atom stereocenters. The van der Waals surface area contributed by atoms with E-state index in [1.165, 1.54) is 6.42 Å². The van der Waals surface area contributed by atoms with Crippen molar-refractivity contribution in [2.75, 3.05) is 26.3 Å². The molecule has 2 aliphatic heterocycles. The first kappa shape index (κ1) is 18.1. The molecule has 144 valence electrons. The van der Waals surface area contributed by atoms with Gasteiger partial charge in [-0.05, 0) is 24.5 Å². The van der Waals surface area contributed by atoms with E-state index in [4.69, 9.17) is 4.74 Å². The van der Waals surface area contributed by atoms with Crippen molar-refractivity contribution in [2.24, 2.45) is 0 Å². The van der Waals surface area contributed by atoms with Crippen LogP contribution < -0.4 is 5.32 Å². The number of pyridine rings is 1. The second-order valence-corrected chi connectivity index (χ2v) is 7.05. The number of aryl methyl sites for hydroxylation is 1. The molecule has 8 heteroatoms. The molecule has 27 heavy (non-hydrogen) atoms. The highest BCUT2D eigenvalue weighted by atomic mass is 16.5. The molecule has 1 fully saturated rings. The molecule has 1 N–H and O–H groups in total. The van der Waals surface area contributed by atoms with Crippen LogP contribution in [0, 0.1) is 0 Å². The fourth-order valence-electron chi connectivity index (χ4n) is 3.84. The van der Waals surface area contributed by atoms with Crippen LogP contribution in [0.5, 0.6) is 0 Å². The number of hydrogen-bond donors (Lipinski definition) is 1. The van der Waals surface area contributed by atoms with Gasteiger partial charge in [0.25, 0.3) is 0 Å². The van der Waals surface area contributed by atoms with Crippen molar-refractivity contribution in [3.8, 4) is 0 Å². The molecule has 0 aromatic carbocycles. The quantitative estimate of drug-likeness (QED) is 0.848. The van der Waals surface area contributed by atoms with Crippen LogP contribution in [0.25, 0.3) is 0 Å². The highest BCUT2D eigenvalue weighted by Gasteiger charge is 2.29. The smallest absolute Gasteiger partial charge is 0.242 e. The summed E-state index contributed by atoms with van der Waals surface area (Å²) < 4.78 is 7.62. The van der Waals surface area contributed by atoms with E-state index in [1.807, 2.05) is 12.1 Å². The molecule has 0 spiro atoms. The summed E-state index contributed by atoms with van der Waals surface area (Å²) in [5.74, 6) is 1.84. The summed E-state index contributed by atoms with van der Waals surface area (Å²) in [6.07, 6.45) is 7.97. The Labute approximate surface area is 158 Å². The van der Waals surface area contributed by atoms with E-state index in [-0.39, 0.29) is 11.9 Å². The molecule has 1 atom stereocenters. The van der Waals surface area contributed by atoms with E-state index >= 15 is 0 Å². The van der Waals surface area contributed by atoms with Gasteiger partial charge in [0.15, 0.2) is 5.82 Å². The van der Waals surface area contributed by atoms with E-state index < -0.39 is 0 Å². The van der Waals surface area contributed by atoms with Gasteiger partial charge < -0.3 is 14.6 Å². The van der Waals surface area contributed by atoms with Gasteiger partial charge >= 0.3 is 0 Å². The fraction of sp³-hybridized carbons (Fsp3) is 0.579. The number of morpholine rings is 1. The SMILES string of the molecule is O=C(NCc1nnc2n1CCCCC2)[C@H](c1cccnc1)N1CCOCC1. The third kappa shape index (κ3) is 4.17. The Hall–Kier alpha value is -2.32. The number of nitrogens with one attached hydrogen (secondary N) is 1. The molecule has 4 rings (SSSR count). The molecule has 0 radical (unpaired) electrons. The van der Waals surface area contributed by atoms with Crippen LogP contribution in [0.3, 0.4) is 0 Å². The Balaban J connectivity index is 1.48. The molecule has 0 bridgehead atoms. The largest absolute Gasteiger partial charge is 0.379 e. The van der Waals surface area contributed by atoms with Crippen LogP contribution in [-0.4, -0.2) is 56.9 Å². The summed E-state index contributed by atoms with van der Waals surface area (Å²) in [5.41, 5.74) is 0.900. The maximum Gasteiger partial charge on any atom is 0.242 e. The minimum absolute atomic E-state index is 0.0316. The van der Waals surface area contributed by atoms with Gasteiger partial charge in [-0.25, -0.2) is 0 Å². The first-order chi connectivity index (χ1) is 13.3.